The fourth-order valence-electron chi connectivity index (χ4n) is 8.42. The number of rotatable bonds is 17. The van der Waals surface area contributed by atoms with Crippen molar-refractivity contribution in [1.82, 2.24) is 0 Å². The maximum Gasteiger partial charge on any atom is 0.311 e. The van der Waals surface area contributed by atoms with Crippen molar-refractivity contribution in [2.24, 2.45) is 17.3 Å². The van der Waals surface area contributed by atoms with Crippen molar-refractivity contribution in [3.05, 3.63) is 29.3 Å². The van der Waals surface area contributed by atoms with E-state index in [4.69, 9.17) is 4.74 Å². The van der Waals surface area contributed by atoms with Crippen LogP contribution in [0.15, 0.2) is 18.2 Å². The van der Waals surface area contributed by atoms with Gasteiger partial charge in [-0.2, -0.15) is 0 Å². The summed E-state index contributed by atoms with van der Waals surface area (Å²) in [5.41, 5.74) is 2.99. The molecule has 3 aliphatic carbocycles. The standard InChI is InChI=1S/C36H58O3/c1-3-4-5-6-7-8-9-10-11-12-13-14-15-16-17-18-35(38)39-29-20-22-30-28(27-29)19-21-32-31(30)25-26-36(2)33(32)23-24-34(36)37/h20,22,27,31-34,37H,3-19,21,23-26H2,1-2H3/t31-,32-,33+,34+,36+/m1/s1/i37+1. The normalized spacial score (nSPS) is 27.6. The van der Waals surface area contributed by atoms with Crippen LogP contribution in [0.2, 0.25) is 0 Å². The van der Waals surface area contributed by atoms with Crippen molar-refractivity contribution < 1.29 is 14.6 Å². The highest BCUT2D eigenvalue weighted by molar-refractivity contribution is 5.72. The smallest absolute Gasteiger partial charge is 0.311 e. The molecule has 1 N–H and O–H groups in total. The van der Waals surface area contributed by atoms with E-state index in [9.17, 15) is 9.90 Å². The molecule has 0 aliphatic heterocycles. The summed E-state index contributed by atoms with van der Waals surface area (Å²) in [5.74, 6) is 2.63. The number of aryl methyl sites for hydroxylation is 1. The molecule has 0 unspecified atom stereocenters. The van der Waals surface area contributed by atoms with E-state index in [1.165, 1.54) is 114 Å². The van der Waals surface area contributed by atoms with Gasteiger partial charge in [0.15, 0.2) is 0 Å². The molecule has 2 fully saturated rings. The Labute approximate surface area is 239 Å². The van der Waals surface area contributed by atoms with Gasteiger partial charge in [-0.1, -0.05) is 110 Å². The van der Waals surface area contributed by atoms with Crippen LogP contribution in [0.25, 0.3) is 0 Å². The number of benzene rings is 1. The number of hydrogen-bond acceptors (Lipinski definition) is 3. The summed E-state index contributed by atoms with van der Waals surface area (Å²) in [5, 5.41) is 10.6. The van der Waals surface area contributed by atoms with E-state index < -0.39 is 0 Å². The fraction of sp³-hybridized carbons (Fsp3) is 0.806. The lowest BCUT2D eigenvalue weighted by Crippen LogP contribution is -2.43. The number of ether oxygens (including phenoxy) is 1. The molecule has 1 aromatic carbocycles. The number of aliphatic hydroxyl groups is 1. The molecule has 39 heavy (non-hydrogen) atoms. The van der Waals surface area contributed by atoms with Gasteiger partial charge in [0, 0.05) is 6.42 Å². The largest absolute Gasteiger partial charge is 0.427 e. The molecule has 220 valence electrons. The summed E-state index contributed by atoms with van der Waals surface area (Å²) >= 11 is 0. The van der Waals surface area contributed by atoms with Gasteiger partial charge in [0.05, 0.1) is 6.10 Å². The van der Waals surface area contributed by atoms with Gasteiger partial charge in [-0.15, -0.1) is 0 Å². The van der Waals surface area contributed by atoms with Crippen LogP contribution < -0.4 is 4.74 Å². The molecular weight excluding hydrogens is 481 g/mol. The molecule has 0 saturated heterocycles. The van der Waals surface area contributed by atoms with Crippen molar-refractivity contribution >= 4 is 5.97 Å². The molecule has 0 spiro atoms. The van der Waals surface area contributed by atoms with Gasteiger partial charge in [0.1, 0.15) is 5.75 Å². The first-order valence-corrected chi connectivity index (χ1v) is 17.0. The lowest BCUT2D eigenvalue weighted by molar-refractivity contribution is -0.134. The molecule has 3 heteroatoms. The van der Waals surface area contributed by atoms with E-state index in [2.05, 4.69) is 26.0 Å². The van der Waals surface area contributed by atoms with Gasteiger partial charge in [0.25, 0.3) is 0 Å². The van der Waals surface area contributed by atoms with Gasteiger partial charge >= 0.3 is 5.97 Å². The van der Waals surface area contributed by atoms with Crippen LogP contribution in [0.3, 0.4) is 0 Å². The summed E-state index contributed by atoms with van der Waals surface area (Å²) in [6.07, 6.45) is 27.2. The monoisotopic (exact) mass is 539 g/mol. The van der Waals surface area contributed by atoms with Crippen molar-refractivity contribution in [3.63, 3.8) is 0 Å². The number of hydrogen-bond donors (Lipinski definition) is 1. The van der Waals surface area contributed by atoms with Crippen LogP contribution in [0, 0.1) is 17.3 Å². The Balaban J connectivity index is 1.06. The Bertz CT molecular complexity index is 878. The molecule has 3 nitrogen and oxygen atoms in total. The number of carbonyl (C=O) groups is 1. The third-order valence-electron chi connectivity index (χ3n) is 10.9. The highest BCUT2D eigenvalue weighted by Gasteiger charge is 2.54. The highest BCUT2D eigenvalue weighted by atomic mass is 17.2. The molecule has 0 aromatic heterocycles. The Morgan fingerprint density at radius 3 is 2.10 bits per heavy atom. The predicted octanol–water partition coefficient (Wildman–Crippen LogP) is 10.1. The number of fused-ring (bicyclic) bond motifs is 5. The Kier molecular flexibility index (Phi) is 12.2. The zero-order chi connectivity index (χ0) is 27.5. The number of unbranched alkanes of at least 4 members (excludes halogenated alkanes) is 14. The molecule has 0 bridgehead atoms. The van der Waals surface area contributed by atoms with Crippen LogP contribution >= 0.6 is 0 Å². The quantitative estimate of drug-likeness (QED) is 0.122. The minimum atomic E-state index is -0.115. The van der Waals surface area contributed by atoms with Gasteiger partial charge < -0.3 is 9.84 Å². The van der Waals surface area contributed by atoms with Crippen LogP contribution in [0.4, 0.5) is 0 Å². The fourth-order valence-corrected chi connectivity index (χ4v) is 8.42. The van der Waals surface area contributed by atoms with E-state index in [0.717, 1.165) is 37.9 Å². The van der Waals surface area contributed by atoms with Crippen LogP contribution in [0.1, 0.15) is 166 Å². The first kappa shape index (κ1) is 30.6. The van der Waals surface area contributed by atoms with E-state index in [1.807, 2.05) is 6.07 Å². The summed E-state index contributed by atoms with van der Waals surface area (Å²) < 4.78 is 5.76. The first-order chi connectivity index (χ1) is 19.0. The molecule has 0 heterocycles. The van der Waals surface area contributed by atoms with Crippen LogP contribution in [-0.2, 0) is 11.2 Å². The van der Waals surface area contributed by atoms with Gasteiger partial charge in [-0.3, -0.25) is 4.79 Å². The SMILES string of the molecule is CCCCCCCCCCCCCCCCCC(=O)Oc1ccc2c(c1)CC[C@@H]1[C@@H]2CC[C@]2(C)[C@@H]([17OH])CC[C@@H]12. The molecule has 3 aliphatic rings. The Morgan fingerprint density at radius 2 is 1.46 bits per heavy atom. The van der Waals surface area contributed by atoms with E-state index in [-0.39, 0.29) is 17.5 Å². The molecule has 0 amide bonds. The number of aliphatic hydroxyl groups excluding tert-OH is 1. The van der Waals surface area contributed by atoms with Crippen LogP contribution in [0.5, 0.6) is 5.75 Å². The van der Waals surface area contributed by atoms with Gasteiger partial charge in [0.2, 0.25) is 0 Å². The lowest BCUT2D eigenvalue weighted by Gasteiger charge is -2.50. The average molecular weight is 540 g/mol. The maximum atomic E-state index is 12.5. The van der Waals surface area contributed by atoms with E-state index in [1.54, 1.807) is 0 Å². The van der Waals surface area contributed by atoms with Gasteiger partial charge in [-0.25, -0.2) is 0 Å². The average Bonchev–Trinajstić information content (AvgIpc) is 3.24. The number of esters is 1. The van der Waals surface area contributed by atoms with Crippen molar-refractivity contribution in [2.75, 3.05) is 0 Å². The molecule has 1 aromatic rings. The Morgan fingerprint density at radius 1 is 0.846 bits per heavy atom. The molecule has 4 rings (SSSR count). The maximum absolute atomic E-state index is 12.5. The lowest BCUT2D eigenvalue weighted by atomic mass is 9.55. The second kappa shape index (κ2) is 15.6. The molecule has 2 saturated carbocycles. The minimum absolute atomic E-state index is 0.0771. The second-order valence-corrected chi connectivity index (χ2v) is 13.6. The van der Waals surface area contributed by atoms with Crippen LogP contribution in [-0.4, -0.2) is 17.2 Å². The molecular formula is C36H58O3. The Hall–Kier alpha value is -1.35. The van der Waals surface area contributed by atoms with Gasteiger partial charge in [-0.05, 0) is 91.4 Å². The molecule has 5 atom stereocenters. The summed E-state index contributed by atoms with van der Waals surface area (Å²) in [6.45, 7) is 4.62. The summed E-state index contributed by atoms with van der Waals surface area (Å²) in [6, 6.07) is 6.42. The second-order valence-electron chi connectivity index (χ2n) is 13.6. The third kappa shape index (κ3) is 8.34. The third-order valence-corrected chi connectivity index (χ3v) is 10.9. The van der Waals surface area contributed by atoms with E-state index in [0.29, 0.717) is 24.2 Å². The predicted molar refractivity (Wildman–Crippen MR) is 162 cm³/mol. The van der Waals surface area contributed by atoms with E-state index >= 15 is 0 Å². The summed E-state index contributed by atoms with van der Waals surface area (Å²) in [7, 11) is 0. The highest BCUT2D eigenvalue weighted by Crippen LogP contribution is 2.60. The van der Waals surface area contributed by atoms with Crippen molar-refractivity contribution in [2.45, 2.75) is 167 Å². The topological polar surface area (TPSA) is 46.5 Å². The summed E-state index contributed by atoms with van der Waals surface area (Å²) in [4.78, 5) is 12.5. The first-order valence-electron chi connectivity index (χ1n) is 17.0. The number of carbonyl (C=O) groups excluding carboxylic acids is 1. The van der Waals surface area contributed by atoms with Crippen molar-refractivity contribution in [1.29, 1.82) is 0 Å². The minimum Gasteiger partial charge on any atom is -0.427 e. The zero-order valence-corrected chi connectivity index (χ0v) is 25.4. The molecule has 0 radical (unpaired) electrons. The zero-order valence-electron chi connectivity index (χ0n) is 25.4. The van der Waals surface area contributed by atoms with Crippen molar-refractivity contribution in [3.8, 4) is 5.75 Å².